The van der Waals surface area contributed by atoms with Gasteiger partial charge < -0.3 is 16.0 Å². The van der Waals surface area contributed by atoms with Crippen LogP contribution in [-0.2, 0) is 16.0 Å². The molecular formula is C19H21N3O2. The third-order valence-corrected chi connectivity index (χ3v) is 4.22. The Morgan fingerprint density at radius 2 is 1.83 bits per heavy atom. The highest BCUT2D eigenvalue weighted by Gasteiger charge is 2.26. The molecule has 0 spiro atoms. The van der Waals surface area contributed by atoms with Gasteiger partial charge in [0.25, 0.3) is 0 Å². The van der Waals surface area contributed by atoms with E-state index in [2.05, 4.69) is 5.32 Å². The van der Waals surface area contributed by atoms with Gasteiger partial charge >= 0.3 is 0 Å². The van der Waals surface area contributed by atoms with Crippen LogP contribution in [0.3, 0.4) is 0 Å². The van der Waals surface area contributed by atoms with Gasteiger partial charge in [0.2, 0.25) is 11.8 Å². The molecule has 2 aromatic carbocycles. The summed E-state index contributed by atoms with van der Waals surface area (Å²) in [6.07, 6.45) is 0.664. The van der Waals surface area contributed by atoms with Crippen molar-refractivity contribution in [1.82, 2.24) is 5.32 Å². The fourth-order valence-corrected chi connectivity index (χ4v) is 2.96. The van der Waals surface area contributed by atoms with Crippen LogP contribution in [0.1, 0.15) is 23.6 Å². The molecule has 1 heterocycles. The molecule has 0 saturated carbocycles. The molecule has 1 unspecified atom stereocenters. The number of hydrogen-bond donors (Lipinski definition) is 2. The SMILES string of the molecule is NC(CC(=O)NCCN1C(=O)Cc2ccccc21)c1ccccc1. The van der Waals surface area contributed by atoms with Crippen LogP contribution in [0, 0.1) is 0 Å². The van der Waals surface area contributed by atoms with Crippen LogP contribution in [0.2, 0.25) is 0 Å². The predicted octanol–water partition coefficient (Wildman–Crippen LogP) is 1.78. The first-order valence-electron chi connectivity index (χ1n) is 8.10. The molecule has 3 N–H and O–H groups in total. The van der Waals surface area contributed by atoms with Gasteiger partial charge in [-0.25, -0.2) is 0 Å². The van der Waals surface area contributed by atoms with Crippen LogP contribution in [0.25, 0.3) is 0 Å². The first-order valence-corrected chi connectivity index (χ1v) is 8.10. The molecule has 124 valence electrons. The second kappa shape index (κ2) is 7.27. The molecule has 5 heteroatoms. The molecule has 0 saturated heterocycles. The second-order valence-electron chi connectivity index (χ2n) is 5.92. The molecule has 0 aliphatic carbocycles. The van der Waals surface area contributed by atoms with Crippen molar-refractivity contribution in [2.75, 3.05) is 18.0 Å². The van der Waals surface area contributed by atoms with Crippen LogP contribution in [-0.4, -0.2) is 24.9 Å². The molecule has 1 aliphatic heterocycles. The van der Waals surface area contributed by atoms with E-state index in [4.69, 9.17) is 5.73 Å². The number of nitrogens with one attached hydrogen (secondary N) is 1. The zero-order chi connectivity index (χ0) is 16.9. The number of carbonyl (C=O) groups is 2. The Labute approximate surface area is 141 Å². The summed E-state index contributed by atoms with van der Waals surface area (Å²) in [5, 5.41) is 2.85. The minimum absolute atomic E-state index is 0.0754. The number of carbonyl (C=O) groups excluding carboxylic acids is 2. The average Bonchev–Trinajstić information content (AvgIpc) is 2.91. The number of amides is 2. The Kier molecular flexibility index (Phi) is 4.91. The largest absolute Gasteiger partial charge is 0.354 e. The Morgan fingerprint density at radius 3 is 2.62 bits per heavy atom. The fraction of sp³-hybridized carbons (Fsp3) is 0.263. The molecule has 5 nitrogen and oxygen atoms in total. The summed E-state index contributed by atoms with van der Waals surface area (Å²) in [7, 11) is 0. The van der Waals surface area contributed by atoms with Crippen molar-refractivity contribution in [3.63, 3.8) is 0 Å². The van der Waals surface area contributed by atoms with Crippen LogP contribution >= 0.6 is 0 Å². The maximum absolute atomic E-state index is 12.1. The molecule has 24 heavy (non-hydrogen) atoms. The smallest absolute Gasteiger partial charge is 0.231 e. The number of para-hydroxylation sites is 1. The molecule has 1 aliphatic rings. The summed E-state index contributed by atoms with van der Waals surface area (Å²) in [6.45, 7) is 0.891. The Morgan fingerprint density at radius 1 is 1.12 bits per heavy atom. The quantitative estimate of drug-likeness (QED) is 0.851. The summed E-state index contributed by atoms with van der Waals surface area (Å²) in [5.74, 6) is -0.0299. The zero-order valence-electron chi connectivity index (χ0n) is 13.4. The second-order valence-corrected chi connectivity index (χ2v) is 5.92. The lowest BCUT2D eigenvalue weighted by Gasteiger charge is -2.18. The van der Waals surface area contributed by atoms with E-state index in [-0.39, 0.29) is 24.3 Å². The van der Waals surface area contributed by atoms with Crippen LogP contribution < -0.4 is 16.0 Å². The molecule has 2 aromatic rings. The highest BCUT2D eigenvalue weighted by atomic mass is 16.2. The Balaban J connectivity index is 1.48. The van der Waals surface area contributed by atoms with Gasteiger partial charge in [-0.2, -0.15) is 0 Å². The number of nitrogens with zero attached hydrogens (tertiary/aromatic N) is 1. The van der Waals surface area contributed by atoms with E-state index in [9.17, 15) is 9.59 Å². The number of hydrogen-bond acceptors (Lipinski definition) is 3. The molecular weight excluding hydrogens is 302 g/mol. The zero-order valence-corrected chi connectivity index (χ0v) is 13.4. The molecule has 3 rings (SSSR count). The van der Waals surface area contributed by atoms with Crippen molar-refractivity contribution >= 4 is 17.5 Å². The van der Waals surface area contributed by atoms with Crippen LogP contribution in [0.4, 0.5) is 5.69 Å². The Bertz CT molecular complexity index is 730. The summed E-state index contributed by atoms with van der Waals surface area (Å²) < 4.78 is 0. The van der Waals surface area contributed by atoms with Crippen LogP contribution in [0.15, 0.2) is 54.6 Å². The lowest BCUT2D eigenvalue weighted by molar-refractivity contribution is -0.122. The number of rotatable bonds is 6. The lowest BCUT2D eigenvalue weighted by atomic mass is 10.0. The highest BCUT2D eigenvalue weighted by Crippen LogP contribution is 2.27. The predicted molar refractivity (Wildman–Crippen MR) is 93.5 cm³/mol. The molecule has 1 atom stereocenters. The van der Waals surface area contributed by atoms with Crippen molar-refractivity contribution in [2.24, 2.45) is 5.73 Å². The van der Waals surface area contributed by atoms with Gasteiger partial charge in [-0.15, -0.1) is 0 Å². The van der Waals surface area contributed by atoms with Gasteiger partial charge in [0.05, 0.1) is 6.42 Å². The topological polar surface area (TPSA) is 75.4 Å². The maximum Gasteiger partial charge on any atom is 0.231 e. The van der Waals surface area contributed by atoms with Crippen molar-refractivity contribution in [3.05, 3.63) is 65.7 Å². The van der Waals surface area contributed by atoms with E-state index in [1.54, 1.807) is 4.90 Å². The number of nitrogens with two attached hydrogens (primary N) is 1. The fourth-order valence-electron chi connectivity index (χ4n) is 2.96. The van der Waals surface area contributed by atoms with E-state index < -0.39 is 0 Å². The van der Waals surface area contributed by atoms with E-state index in [0.717, 1.165) is 16.8 Å². The van der Waals surface area contributed by atoms with Crippen molar-refractivity contribution in [2.45, 2.75) is 18.9 Å². The summed E-state index contributed by atoms with van der Waals surface area (Å²) in [4.78, 5) is 25.8. The minimum Gasteiger partial charge on any atom is -0.354 e. The summed E-state index contributed by atoms with van der Waals surface area (Å²) >= 11 is 0. The van der Waals surface area contributed by atoms with Crippen molar-refractivity contribution in [1.29, 1.82) is 0 Å². The first kappa shape index (κ1) is 16.2. The van der Waals surface area contributed by atoms with Crippen molar-refractivity contribution < 1.29 is 9.59 Å². The summed E-state index contributed by atoms with van der Waals surface area (Å²) in [5.41, 5.74) is 8.97. The average molecular weight is 323 g/mol. The van der Waals surface area contributed by atoms with E-state index in [1.807, 2.05) is 54.6 Å². The van der Waals surface area contributed by atoms with Crippen molar-refractivity contribution in [3.8, 4) is 0 Å². The third kappa shape index (κ3) is 3.63. The minimum atomic E-state index is -0.319. The number of fused-ring (bicyclic) bond motifs is 1. The van der Waals surface area contributed by atoms with E-state index >= 15 is 0 Å². The van der Waals surface area contributed by atoms with Crippen LogP contribution in [0.5, 0.6) is 0 Å². The van der Waals surface area contributed by atoms with E-state index in [1.165, 1.54) is 0 Å². The summed E-state index contributed by atoms with van der Waals surface area (Å²) in [6, 6.07) is 17.0. The standard InChI is InChI=1S/C19H21N3O2/c20-16(14-6-2-1-3-7-14)13-18(23)21-10-11-22-17-9-5-4-8-15(17)12-19(22)24/h1-9,16H,10-13,20H2,(H,21,23). The van der Waals surface area contributed by atoms with E-state index in [0.29, 0.717) is 19.5 Å². The monoisotopic (exact) mass is 323 g/mol. The lowest BCUT2D eigenvalue weighted by Crippen LogP contribution is -2.37. The van der Waals surface area contributed by atoms with Gasteiger partial charge in [-0.1, -0.05) is 48.5 Å². The molecule has 0 bridgehead atoms. The van der Waals surface area contributed by atoms with Gasteiger partial charge in [-0.05, 0) is 17.2 Å². The number of benzene rings is 2. The van der Waals surface area contributed by atoms with Gasteiger partial charge in [-0.3, -0.25) is 9.59 Å². The molecule has 0 aromatic heterocycles. The first-order chi connectivity index (χ1) is 11.6. The van der Waals surface area contributed by atoms with Gasteiger partial charge in [0.15, 0.2) is 0 Å². The highest BCUT2D eigenvalue weighted by molar-refractivity contribution is 6.01. The Hall–Kier alpha value is -2.66. The van der Waals surface area contributed by atoms with Gasteiger partial charge in [0, 0.05) is 31.2 Å². The molecule has 0 radical (unpaired) electrons. The normalized spacial score (nSPS) is 14.4. The molecule has 0 fully saturated rings. The maximum atomic E-state index is 12.1. The number of anilines is 1. The third-order valence-electron chi connectivity index (χ3n) is 4.22. The van der Waals surface area contributed by atoms with Gasteiger partial charge in [0.1, 0.15) is 0 Å². The molecule has 2 amide bonds.